The number of hydrogen-bond donors (Lipinski definition) is 1. The fourth-order valence-corrected chi connectivity index (χ4v) is 4.71. The Morgan fingerprint density at radius 3 is 2.46 bits per heavy atom. The minimum atomic E-state index is -0.150. The minimum absolute atomic E-state index is 0.117. The molecule has 0 aliphatic carbocycles. The van der Waals surface area contributed by atoms with Crippen molar-refractivity contribution in [3.8, 4) is 11.5 Å². The van der Waals surface area contributed by atoms with E-state index in [2.05, 4.69) is 20.4 Å². The number of aromatic nitrogens is 2. The van der Waals surface area contributed by atoms with Crippen molar-refractivity contribution in [3.63, 3.8) is 0 Å². The van der Waals surface area contributed by atoms with E-state index in [9.17, 15) is 9.59 Å². The van der Waals surface area contributed by atoms with E-state index < -0.39 is 0 Å². The standard InChI is InChI=1S/C26H25N5O3S/c1-18(32)30-13-15-31(16-14-30)21-11-9-20(10-12-21)27-24(33)17-35-26-29-28-25(34-26)23-8-4-6-19-5-2-3-7-22(19)23/h2-12H,13-17H2,1H3,(H,27,33). The zero-order chi connectivity index (χ0) is 24.2. The van der Waals surface area contributed by atoms with E-state index >= 15 is 0 Å². The second-order valence-corrected chi connectivity index (χ2v) is 9.20. The average molecular weight is 488 g/mol. The van der Waals surface area contributed by atoms with E-state index in [1.807, 2.05) is 71.6 Å². The molecule has 178 valence electrons. The molecule has 1 aromatic heterocycles. The molecule has 1 aliphatic heterocycles. The Balaban J connectivity index is 1.15. The second-order valence-electron chi connectivity index (χ2n) is 8.28. The molecule has 5 rings (SSSR count). The van der Waals surface area contributed by atoms with Gasteiger partial charge < -0.3 is 19.5 Å². The SMILES string of the molecule is CC(=O)N1CCN(c2ccc(NC(=O)CSc3nnc(-c4cccc5ccccc45)o3)cc2)CC1. The Kier molecular flexibility index (Phi) is 6.67. The maximum absolute atomic E-state index is 12.5. The van der Waals surface area contributed by atoms with Crippen LogP contribution in [0.4, 0.5) is 11.4 Å². The van der Waals surface area contributed by atoms with Crippen LogP contribution in [0.2, 0.25) is 0 Å². The summed E-state index contributed by atoms with van der Waals surface area (Å²) in [5.74, 6) is 0.560. The summed E-state index contributed by atoms with van der Waals surface area (Å²) < 4.78 is 5.81. The Hall–Kier alpha value is -3.85. The second kappa shape index (κ2) is 10.2. The van der Waals surface area contributed by atoms with Gasteiger partial charge in [0, 0.05) is 50.0 Å². The number of fused-ring (bicyclic) bond motifs is 1. The Morgan fingerprint density at radius 2 is 1.69 bits per heavy atom. The number of piperazine rings is 1. The summed E-state index contributed by atoms with van der Waals surface area (Å²) in [5.41, 5.74) is 2.67. The highest BCUT2D eigenvalue weighted by Crippen LogP contribution is 2.29. The summed E-state index contributed by atoms with van der Waals surface area (Å²) in [6, 6.07) is 21.7. The molecule has 1 saturated heterocycles. The van der Waals surface area contributed by atoms with Crippen molar-refractivity contribution in [1.82, 2.24) is 15.1 Å². The molecular weight excluding hydrogens is 462 g/mol. The molecule has 0 unspecified atom stereocenters. The molecule has 1 N–H and O–H groups in total. The van der Waals surface area contributed by atoms with Crippen LogP contribution in [0.3, 0.4) is 0 Å². The molecule has 4 aromatic rings. The Bertz CT molecular complexity index is 1340. The molecule has 0 bridgehead atoms. The topological polar surface area (TPSA) is 91.6 Å². The molecule has 2 heterocycles. The van der Waals surface area contributed by atoms with Crippen molar-refractivity contribution in [2.45, 2.75) is 12.1 Å². The van der Waals surface area contributed by atoms with Crippen molar-refractivity contribution in [3.05, 3.63) is 66.7 Å². The number of carbonyl (C=O) groups excluding carboxylic acids is 2. The fourth-order valence-electron chi connectivity index (χ4n) is 4.15. The number of carbonyl (C=O) groups is 2. The number of nitrogens with one attached hydrogen (secondary N) is 1. The van der Waals surface area contributed by atoms with Gasteiger partial charge in [-0.15, -0.1) is 10.2 Å². The molecule has 0 spiro atoms. The van der Waals surface area contributed by atoms with Gasteiger partial charge in [0.2, 0.25) is 17.7 Å². The van der Waals surface area contributed by atoms with Gasteiger partial charge in [-0.25, -0.2) is 0 Å². The van der Waals surface area contributed by atoms with Gasteiger partial charge in [-0.2, -0.15) is 0 Å². The number of thioether (sulfide) groups is 1. The van der Waals surface area contributed by atoms with Crippen LogP contribution in [-0.2, 0) is 9.59 Å². The molecule has 0 atom stereocenters. The molecule has 2 amide bonds. The van der Waals surface area contributed by atoms with E-state index in [4.69, 9.17) is 4.42 Å². The zero-order valence-electron chi connectivity index (χ0n) is 19.3. The van der Waals surface area contributed by atoms with Gasteiger partial charge in [-0.3, -0.25) is 9.59 Å². The van der Waals surface area contributed by atoms with Gasteiger partial charge in [0.15, 0.2) is 0 Å². The summed E-state index contributed by atoms with van der Waals surface area (Å²) in [7, 11) is 0. The predicted octanol–water partition coefficient (Wildman–Crippen LogP) is 4.29. The van der Waals surface area contributed by atoms with Crippen molar-refractivity contribution in [2.24, 2.45) is 0 Å². The molecule has 3 aromatic carbocycles. The summed E-state index contributed by atoms with van der Waals surface area (Å²) >= 11 is 1.20. The third-order valence-corrected chi connectivity index (χ3v) is 6.81. The van der Waals surface area contributed by atoms with E-state index in [0.717, 1.165) is 53.9 Å². The van der Waals surface area contributed by atoms with Gasteiger partial charge in [-0.1, -0.05) is 48.2 Å². The molecule has 9 heteroatoms. The van der Waals surface area contributed by atoms with Crippen LogP contribution >= 0.6 is 11.8 Å². The van der Waals surface area contributed by atoms with Gasteiger partial charge in [0.25, 0.3) is 5.22 Å². The molecule has 0 radical (unpaired) electrons. The monoisotopic (exact) mass is 487 g/mol. The highest BCUT2D eigenvalue weighted by atomic mass is 32.2. The number of nitrogens with zero attached hydrogens (tertiary/aromatic N) is 4. The first-order valence-electron chi connectivity index (χ1n) is 11.4. The van der Waals surface area contributed by atoms with Crippen molar-refractivity contribution < 1.29 is 14.0 Å². The third-order valence-electron chi connectivity index (χ3n) is 5.99. The molecule has 1 fully saturated rings. The van der Waals surface area contributed by atoms with E-state index in [1.54, 1.807) is 6.92 Å². The highest BCUT2D eigenvalue weighted by Gasteiger charge is 2.19. The quantitative estimate of drug-likeness (QED) is 0.406. The summed E-state index contributed by atoms with van der Waals surface area (Å²) in [6.07, 6.45) is 0. The van der Waals surface area contributed by atoms with Crippen LogP contribution in [0.5, 0.6) is 0 Å². The van der Waals surface area contributed by atoms with Crippen LogP contribution in [0, 0.1) is 0 Å². The largest absolute Gasteiger partial charge is 0.411 e. The van der Waals surface area contributed by atoms with Crippen LogP contribution < -0.4 is 10.2 Å². The molecule has 8 nitrogen and oxygen atoms in total. The van der Waals surface area contributed by atoms with E-state index in [1.165, 1.54) is 11.8 Å². The fraction of sp³-hybridized carbons (Fsp3) is 0.231. The van der Waals surface area contributed by atoms with Gasteiger partial charge in [0.05, 0.1) is 5.75 Å². The first-order valence-corrected chi connectivity index (χ1v) is 12.4. The van der Waals surface area contributed by atoms with Gasteiger partial charge in [-0.05, 0) is 41.1 Å². The van der Waals surface area contributed by atoms with Crippen LogP contribution in [0.1, 0.15) is 6.92 Å². The normalized spacial score (nSPS) is 13.7. The lowest BCUT2D eigenvalue weighted by atomic mass is 10.0. The molecule has 0 saturated carbocycles. The number of hydrogen-bond acceptors (Lipinski definition) is 7. The number of rotatable bonds is 6. The first kappa shape index (κ1) is 22.9. The highest BCUT2D eigenvalue weighted by molar-refractivity contribution is 7.99. The lowest BCUT2D eigenvalue weighted by Gasteiger charge is -2.35. The summed E-state index contributed by atoms with van der Waals surface area (Å²) in [4.78, 5) is 28.1. The van der Waals surface area contributed by atoms with Crippen molar-refractivity contribution in [2.75, 3.05) is 42.1 Å². The van der Waals surface area contributed by atoms with Crippen LogP contribution in [0.25, 0.3) is 22.2 Å². The minimum Gasteiger partial charge on any atom is -0.411 e. The van der Waals surface area contributed by atoms with Gasteiger partial charge in [0.1, 0.15) is 0 Å². The van der Waals surface area contributed by atoms with E-state index in [-0.39, 0.29) is 17.6 Å². The van der Waals surface area contributed by atoms with Gasteiger partial charge >= 0.3 is 0 Å². The lowest BCUT2D eigenvalue weighted by Crippen LogP contribution is -2.48. The average Bonchev–Trinajstić information content (AvgIpc) is 3.36. The molecule has 35 heavy (non-hydrogen) atoms. The van der Waals surface area contributed by atoms with Crippen molar-refractivity contribution >= 4 is 45.7 Å². The first-order chi connectivity index (χ1) is 17.1. The van der Waals surface area contributed by atoms with E-state index in [0.29, 0.717) is 11.1 Å². The predicted molar refractivity (Wildman–Crippen MR) is 138 cm³/mol. The van der Waals surface area contributed by atoms with Crippen LogP contribution in [0.15, 0.2) is 76.4 Å². The summed E-state index contributed by atoms with van der Waals surface area (Å²) in [5, 5.41) is 13.7. The smallest absolute Gasteiger partial charge is 0.277 e. The third kappa shape index (κ3) is 5.30. The number of anilines is 2. The molecular formula is C26H25N5O3S. The summed E-state index contributed by atoms with van der Waals surface area (Å²) in [6.45, 7) is 4.65. The number of amides is 2. The van der Waals surface area contributed by atoms with Crippen molar-refractivity contribution in [1.29, 1.82) is 0 Å². The maximum Gasteiger partial charge on any atom is 0.277 e. The van der Waals surface area contributed by atoms with Crippen LogP contribution in [-0.4, -0.2) is 58.8 Å². The zero-order valence-corrected chi connectivity index (χ0v) is 20.1. The lowest BCUT2D eigenvalue weighted by molar-refractivity contribution is -0.129. The molecule has 1 aliphatic rings. The Labute approximate surface area is 207 Å². The maximum atomic E-state index is 12.5. The number of benzene rings is 3. The Morgan fingerprint density at radius 1 is 0.943 bits per heavy atom.